The zero-order chi connectivity index (χ0) is 44.2. The molecular weight excluding hydrogens is 839 g/mol. The number of amides is 2. The van der Waals surface area contributed by atoms with Gasteiger partial charge in [0, 0.05) is 40.9 Å². The molecule has 0 spiro atoms. The number of nitrogens with two attached hydrogens (primary N) is 1. The number of carbonyl (C=O) groups is 4. The Balaban J connectivity index is 0.000000229. The second-order valence-electron chi connectivity index (χ2n) is 15.5. The zero-order valence-corrected chi connectivity index (χ0v) is 35.1. The molecule has 2 heterocycles. The first-order chi connectivity index (χ1) is 28.1. The Morgan fingerprint density at radius 1 is 1.02 bits per heavy atom. The molecule has 2 amide bonds. The number of nitrogens with one attached hydrogen (secondary N) is 1. The normalized spacial score (nSPS) is 27.1. The molecule has 1 aromatic heterocycles. The van der Waals surface area contributed by atoms with E-state index in [-0.39, 0.29) is 28.2 Å². The van der Waals surface area contributed by atoms with Crippen LogP contribution in [0.2, 0.25) is 0 Å². The number of aromatic nitrogens is 1. The van der Waals surface area contributed by atoms with E-state index < -0.39 is 102 Å². The molecule has 21 heteroatoms. The van der Waals surface area contributed by atoms with Crippen molar-refractivity contribution >= 4 is 45.2 Å². The van der Waals surface area contributed by atoms with Gasteiger partial charge in [0.1, 0.15) is 40.4 Å². The number of phenolic OH excluding ortho intramolecular Hbond substituents is 1. The van der Waals surface area contributed by atoms with Gasteiger partial charge in [-0.25, -0.2) is 13.9 Å². The minimum Gasteiger partial charge on any atom is -0.510 e. The van der Waals surface area contributed by atoms with Crippen molar-refractivity contribution in [2.45, 2.75) is 60.1 Å². The number of primary amides is 1. The number of carbonyl (C=O) groups excluding carboxylic acids is 4. The summed E-state index contributed by atoms with van der Waals surface area (Å²) in [5.41, 5.74) is 2.96. The van der Waals surface area contributed by atoms with E-state index in [0.29, 0.717) is 22.8 Å². The van der Waals surface area contributed by atoms with E-state index in [1.807, 2.05) is 0 Å². The maximum atomic E-state index is 13.3. The van der Waals surface area contributed by atoms with E-state index in [1.54, 1.807) is 75.0 Å². The number of aliphatic hydroxyl groups is 4. The van der Waals surface area contributed by atoms with Crippen molar-refractivity contribution in [2.75, 3.05) is 26.4 Å². The molecule has 3 aromatic rings. The summed E-state index contributed by atoms with van der Waals surface area (Å²) in [7, 11) is -0.969. The average Bonchev–Trinajstić information content (AvgIpc) is 3.19. The molecule has 328 valence electrons. The molecule has 4 aliphatic rings. The number of hydroxylamine groups is 1. The van der Waals surface area contributed by atoms with Crippen molar-refractivity contribution in [1.82, 2.24) is 19.7 Å². The highest BCUT2D eigenvalue weighted by molar-refractivity contribution is 8.01. The number of aliphatic hydroxyl groups excluding tert-OH is 3. The van der Waals surface area contributed by atoms with Gasteiger partial charge < -0.3 is 41.5 Å². The Labute approximate surface area is 354 Å². The Hall–Kier alpha value is -5.39. The van der Waals surface area contributed by atoms with Gasteiger partial charge in [0.15, 0.2) is 11.4 Å². The number of hydrogen-bond donors (Lipinski definition) is 8. The summed E-state index contributed by atoms with van der Waals surface area (Å²) in [6, 6.07) is 11.5. The topological polar surface area (TPSA) is 322 Å². The molecule has 7 rings (SSSR count). The molecule has 19 nitrogen and oxygen atoms in total. The molecule has 1 aliphatic heterocycles. The van der Waals surface area contributed by atoms with Gasteiger partial charge >= 0.3 is 0 Å². The first-order valence-corrected chi connectivity index (χ1v) is 21.0. The van der Waals surface area contributed by atoms with Crippen LogP contribution in [-0.4, -0.2) is 137 Å². The minimum atomic E-state index is -3.94. The Morgan fingerprint density at radius 3 is 2.20 bits per heavy atom. The number of hydrogen-bond acceptors (Lipinski definition) is 16. The number of likely N-dealkylation sites (N-methyl/N-ethyl adjacent to an activating group) is 1. The summed E-state index contributed by atoms with van der Waals surface area (Å²) < 4.78 is 32.5. The van der Waals surface area contributed by atoms with Gasteiger partial charge in [0.2, 0.25) is 15.8 Å². The van der Waals surface area contributed by atoms with Gasteiger partial charge in [0.25, 0.3) is 11.8 Å². The second kappa shape index (κ2) is 17.2. The molecule has 2 aromatic carbocycles. The first-order valence-electron chi connectivity index (χ1n) is 18.5. The highest BCUT2D eigenvalue weighted by Crippen LogP contribution is 2.55. The number of phenols is 1. The van der Waals surface area contributed by atoms with Crippen molar-refractivity contribution in [3.8, 4) is 17.2 Å². The predicted octanol–water partition coefficient (Wildman–Crippen LogP) is 1.09. The lowest BCUT2D eigenvalue weighted by molar-refractivity contribution is -0.162. The molecule has 3 aliphatic carbocycles. The van der Waals surface area contributed by atoms with Crippen LogP contribution in [0.4, 0.5) is 0 Å². The summed E-state index contributed by atoms with van der Waals surface area (Å²) in [6.07, 6.45) is 1.60. The molecule has 0 unspecified atom stereocenters. The van der Waals surface area contributed by atoms with Crippen LogP contribution in [0.5, 0.6) is 17.2 Å². The summed E-state index contributed by atoms with van der Waals surface area (Å²) in [5, 5.41) is 64.1. The van der Waals surface area contributed by atoms with Crippen molar-refractivity contribution in [3.05, 3.63) is 101 Å². The monoisotopic (exact) mass is 885 g/mol. The van der Waals surface area contributed by atoms with Crippen LogP contribution in [-0.2, 0) is 24.4 Å². The van der Waals surface area contributed by atoms with Gasteiger partial charge in [-0.1, -0.05) is 19.1 Å². The predicted molar refractivity (Wildman–Crippen MR) is 218 cm³/mol. The third kappa shape index (κ3) is 7.75. The van der Waals surface area contributed by atoms with Gasteiger partial charge in [-0.05, 0) is 81.9 Å². The van der Waals surface area contributed by atoms with Crippen LogP contribution in [0.3, 0.4) is 0 Å². The molecule has 0 saturated carbocycles. The molecule has 11 N–H and O–H groups in total. The van der Waals surface area contributed by atoms with Gasteiger partial charge in [-0.15, -0.1) is 0 Å². The van der Waals surface area contributed by atoms with Crippen LogP contribution < -0.4 is 16.0 Å². The highest BCUT2D eigenvalue weighted by Gasteiger charge is 2.67. The number of nitrogens with zero attached hydrogens (tertiary/aromatic N) is 3. The van der Waals surface area contributed by atoms with Crippen LogP contribution in [0.25, 0.3) is 0 Å². The number of ketones is 2. The van der Waals surface area contributed by atoms with Gasteiger partial charge in [-0.3, -0.25) is 34.3 Å². The van der Waals surface area contributed by atoms with Crippen LogP contribution in [0.15, 0.2) is 94.6 Å². The molecule has 61 heavy (non-hydrogen) atoms. The molecule has 1 saturated heterocycles. The van der Waals surface area contributed by atoms with Crippen LogP contribution in [0.1, 0.15) is 42.6 Å². The summed E-state index contributed by atoms with van der Waals surface area (Å²) in [4.78, 5) is 56.0. The van der Waals surface area contributed by atoms with Crippen molar-refractivity contribution in [2.24, 2.45) is 17.6 Å². The lowest BCUT2D eigenvalue weighted by Crippen LogP contribution is -2.68. The molecule has 0 bridgehead atoms. The molecular formula is C40H47N5O14S2. The third-order valence-electron chi connectivity index (χ3n) is 11.4. The number of rotatable bonds is 7. The lowest BCUT2D eigenvalue weighted by Gasteiger charge is -2.53. The molecule has 1 fully saturated rings. The number of sulfonamides is 1. The number of Topliss-reactive ketones (excluding diaryl/α,β-unsaturated/α-hetero) is 2. The number of fused-ring (bicyclic) bond motifs is 3. The standard InChI is InChI=1S/C22H24N2O8.C18H21N3O5S2.H2O/c1-7-8-5-4-6-9(25)11(8)16(26)12-10(7)17(27)14-15(24(2)3)18(28)13(21(23)31)20(30)22(14,32)19(12)29;1-18(2)16(17(22)20-23)21(11-12-27-18)28(24,25)15-5-3-13(4-6-15)26-14-7-9-19-10-8-14;/h4-7,10,14-15,17,25,27-29,32H,1-3H3,(H2,23,31);3-10,16,23H,11-12H2,1-2H3,(H,20,22);1H2/t7-,10+,14+,15-,17-,22-;16-;/m00./s1. The van der Waals surface area contributed by atoms with E-state index in [4.69, 9.17) is 15.7 Å². The fraction of sp³-hybridized carbons (Fsp3) is 0.375. The lowest BCUT2D eigenvalue weighted by atomic mass is 9.55. The van der Waals surface area contributed by atoms with Gasteiger partial charge in [-0.2, -0.15) is 16.1 Å². The summed E-state index contributed by atoms with van der Waals surface area (Å²) >= 11 is 1.49. The summed E-state index contributed by atoms with van der Waals surface area (Å²) in [6.45, 7) is 5.41. The van der Waals surface area contributed by atoms with E-state index in [9.17, 15) is 53.1 Å². The fourth-order valence-electron chi connectivity index (χ4n) is 8.66. The van der Waals surface area contributed by atoms with Crippen LogP contribution in [0, 0.1) is 11.8 Å². The number of ether oxygens (including phenoxy) is 1. The number of benzene rings is 2. The third-order valence-corrected chi connectivity index (χ3v) is 14.6. The van der Waals surface area contributed by atoms with E-state index >= 15 is 0 Å². The Bertz CT molecular complexity index is 2410. The largest absolute Gasteiger partial charge is 0.510 e. The molecule has 7 atom stereocenters. The Kier molecular flexibility index (Phi) is 13.1. The van der Waals surface area contributed by atoms with E-state index in [1.165, 1.54) is 49.0 Å². The SMILES string of the molecule is CC1(C)SCCN(S(=O)(=O)c2ccc(Oc3ccncc3)cc2)[C@H]1C(=O)NO.C[C@H]1c2cccc(O)c2C(=O)C2=C(O)[C@]3(O)C(=O)C(C(N)=O)=C(O)[C@@H](N(C)C)[C@@H]3[C@@H](O)[C@@H]21.O. The first kappa shape index (κ1) is 46.7. The highest BCUT2D eigenvalue weighted by atomic mass is 32.2. The summed E-state index contributed by atoms with van der Waals surface area (Å²) in [5.74, 6) is -8.01. The number of pyridine rings is 1. The number of aromatic hydroxyl groups is 1. The van der Waals surface area contributed by atoms with E-state index in [2.05, 4.69) is 4.98 Å². The van der Waals surface area contributed by atoms with Gasteiger partial charge in [0.05, 0.1) is 28.5 Å². The van der Waals surface area contributed by atoms with E-state index in [0.717, 1.165) is 4.31 Å². The Morgan fingerprint density at radius 2 is 1.62 bits per heavy atom. The van der Waals surface area contributed by atoms with Crippen LogP contribution >= 0.6 is 11.8 Å². The quantitative estimate of drug-likeness (QED) is 0.0935. The van der Waals surface area contributed by atoms with Crippen molar-refractivity contribution in [1.29, 1.82) is 0 Å². The van der Waals surface area contributed by atoms with Crippen molar-refractivity contribution < 1.29 is 68.5 Å². The zero-order valence-electron chi connectivity index (χ0n) is 33.5. The minimum absolute atomic E-state index is 0. The van der Waals surface area contributed by atoms with Crippen molar-refractivity contribution in [3.63, 3.8) is 0 Å². The smallest absolute Gasteiger partial charge is 0.263 e. The molecule has 0 radical (unpaired) electrons. The number of thioether (sulfide) groups is 1. The average molecular weight is 886 g/mol. The maximum absolute atomic E-state index is 13.3. The second-order valence-corrected chi connectivity index (χ2v) is 19.1. The fourth-order valence-corrected chi connectivity index (χ4v) is 11.8. The maximum Gasteiger partial charge on any atom is 0.263 e.